The maximum absolute atomic E-state index is 8.07. The van der Waals surface area contributed by atoms with Gasteiger partial charge in [-0.15, -0.1) is 0 Å². The predicted molar refractivity (Wildman–Crippen MR) is 35.6 cm³/mol. The third-order valence-corrected chi connectivity index (χ3v) is 0.414. The Balaban J connectivity index is -0.0000000600. The molecule has 0 aliphatic heterocycles. The normalized spacial score (nSPS) is 8.40. The topological polar surface area (TPSA) is 171 Å². The molecule has 0 rings (SSSR count). The second-order valence-corrected chi connectivity index (χ2v) is 1.30. The van der Waals surface area contributed by atoms with E-state index in [-0.39, 0.29) is 23.6 Å². The van der Waals surface area contributed by atoms with Crippen LogP contribution in [0.2, 0.25) is 0 Å². The van der Waals surface area contributed by atoms with Crippen molar-refractivity contribution < 1.29 is 26.3 Å². The summed E-state index contributed by atoms with van der Waals surface area (Å²) in [5.74, 6) is -2.56. The molecule has 0 aliphatic carbocycles. The molecule has 0 spiro atoms. The van der Waals surface area contributed by atoms with E-state index in [1.807, 2.05) is 0 Å². The Bertz CT molecular complexity index is 53.3. The molecule has 68 valence electrons. The van der Waals surface area contributed by atoms with Crippen LogP contribution in [-0.4, -0.2) is 45.8 Å². The van der Waals surface area contributed by atoms with Gasteiger partial charge in [0.2, 0.25) is 0 Å². The van der Waals surface area contributed by atoms with Gasteiger partial charge in [0.05, 0.1) is 6.54 Å². The van der Waals surface area contributed by atoms with Crippen LogP contribution < -0.4 is 11.5 Å². The highest BCUT2D eigenvalue weighted by atomic mass is 16.7. The quantitative estimate of drug-likeness (QED) is 0.262. The van der Waals surface area contributed by atoms with E-state index in [0.717, 1.165) is 0 Å². The molecule has 0 bridgehead atoms. The lowest BCUT2D eigenvalue weighted by atomic mass is 10.6. The van der Waals surface area contributed by atoms with Crippen molar-refractivity contribution >= 4 is 0 Å². The monoisotopic (exact) mass is 160 g/mol. The minimum Gasteiger partial charge on any atom is -0.412 e. The van der Waals surface area contributed by atoms with E-state index in [1.165, 1.54) is 7.05 Å². The third-order valence-electron chi connectivity index (χ3n) is 0.414. The second-order valence-electron chi connectivity index (χ2n) is 1.30. The first-order valence-electron chi connectivity index (χ1n) is 1.88. The fourth-order valence-electron chi connectivity index (χ4n) is 0.237. The number of likely N-dealkylation sites (N-methyl/N-ethyl adjacent to an activating group) is 1. The molecule has 0 unspecified atom stereocenters. The predicted octanol–water partition coefficient (Wildman–Crippen LogP) is -3.65. The van der Waals surface area contributed by atoms with Gasteiger partial charge in [-0.1, -0.05) is 0 Å². The van der Waals surface area contributed by atoms with E-state index < -0.39 is 5.97 Å². The van der Waals surface area contributed by atoms with Gasteiger partial charge in [-0.3, -0.25) is 0 Å². The first-order chi connectivity index (χ1) is 3.06. The summed E-state index contributed by atoms with van der Waals surface area (Å²) in [5, 5.41) is 26.6. The van der Waals surface area contributed by atoms with Gasteiger partial charge in [0.25, 0.3) is 5.97 Å². The zero-order chi connectivity index (χ0) is 5.91. The molecule has 0 saturated carbocycles. The van der Waals surface area contributed by atoms with Crippen molar-refractivity contribution in [1.29, 1.82) is 0 Å². The van der Waals surface area contributed by atoms with Crippen molar-refractivity contribution in [2.45, 2.75) is 5.97 Å². The first-order valence-corrected chi connectivity index (χ1v) is 1.88. The summed E-state index contributed by atoms with van der Waals surface area (Å²) in [5.41, 5.74) is 0. The highest BCUT2D eigenvalue weighted by Gasteiger charge is 2.14. The summed E-state index contributed by atoms with van der Waals surface area (Å²) < 4.78 is 0. The molecule has 0 aromatic rings. The Kier molecular flexibility index (Phi) is 19.7. The smallest absolute Gasteiger partial charge is 0.288 e. The molecular formula is C3H16N2O5. The molecule has 0 fully saturated rings. The minimum atomic E-state index is -2.56. The summed E-state index contributed by atoms with van der Waals surface area (Å²) in [6, 6.07) is 0. The summed E-state index contributed by atoms with van der Waals surface area (Å²) in [4.78, 5) is 0. The molecule has 0 aliphatic rings. The van der Waals surface area contributed by atoms with Gasteiger partial charge in [0.1, 0.15) is 0 Å². The van der Waals surface area contributed by atoms with E-state index in [0.29, 0.717) is 0 Å². The average molecular weight is 160 g/mol. The molecule has 0 saturated heterocycles. The molecule has 0 amide bonds. The summed E-state index contributed by atoms with van der Waals surface area (Å²) in [6.07, 6.45) is 0. The SMILES string of the molecule is CNCC(O)(O)O.N.O.O. The van der Waals surface area contributed by atoms with Crippen LogP contribution >= 0.6 is 0 Å². The number of hydrogen-bond acceptors (Lipinski definition) is 5. The van der Waals surface area contributed by atoms with Crippen LogP contribution in [0.4, 0.5) is 0 Å². The zero-order valence-corrected chi connectivity index (χ0v) is 5.76. The van der Waals surface area contributed by atoms with Gasteiger partial charge >= 0.3 is 0 Å². The fraction of sp³-hybridized carbons (Fsp3) is 1.00. The van der Waals surface area contributed by atoms with Crippen molar-refractivity contribution in [3.8, 4) is 0 Å². The Morgan fingerprint density at radius 3 is 1.50 bits per heavy atom. The Hall–Kier alpha value is -0.280. The van der Waals surface area contributed by atoms with Crippen LogP contribution in [0, 0.1) is 0 Å². The van der Waals surface area contributed by atoms with E-state index in [4.69, 9.17) is 15.3 Å². The molecule has 7 nitrogen and oxygen atoms in total. The molecule has 7 heteroatoms. The van der Waals surface area contributed by atoms with E-state index in [2.05, 4.69) is 5.32 Å². The number of hydrogen-bond donors (Lipinski definition) is 5. The lowest BCUT2D eigenvalue weighted by Gasteiger charge is -2.11. The fourth-order valence-corrected chi connectivity index (χ4v) is 0.237. The van der Waals surface area contributed by atoms with Gasteiger partial charge in [-0.05, 0) is 7.05 Å². The average Bonchev–Trinajstić information content (AvgIpc) is 1.30. The minimum absolute atomic E-state index is 0. The van der Waals surface area contributed by atoms with Crippen molar-refractivity contribution in [3.05, 3.63) is 0 Å². The second kappa shape index (κ2) is 8.72. The number of nitrogens with one attached hydrogen (secondary N) is 1. The van der Waals surface area contributed by atoms with Gasteiger partial charge in [-0.2, -0.15) is 0 Å². The van der Waals surface area contributed by atoms with Crippen LogP contribution in [0.25, 0.3) is 0 Å². The Morgan fingerprint density at radius 2 is 1.50 bits per heavy atom. The van der Waals surface area contributed by atoms with Crippen LogP contribution in [0.5, 0.6) is 0 Å². The standard InChI is InChI=1S/C3H9NO3.H3N.2H2O/c1-4-2-3(5,6)7;;;/h4-7H,2H2,1H3;1H3;2*1H2. The molecule has 10 heavy (non-hydrogen) atoms. The van der Waals surface area contributed by atoms with Crippen molar-refractivity contribution in [1.82, 2.24) is 11.5 Å². The lowest BCUT2D eigenvalue weighted by Crippen LogP contribution is -2.38. The van der Waals surface area contributed by atoms with Crippen LogP contribution in [0.15, 0.2) is 0 Å². The Labute approximate surface area is 58.5 Å². The molecule has 0 aromatic heterocycles. The molecule has 0 heterocycles. The number of aliphatic hydroxyl groups is 3. The molecule has 11 N–H and O–H groups in total. The molecular weight excluding hydrogens is 144 g/mol. The van der Waals surface area contributed by atoms with Crippen molar-refractivity contribution in [3.63, 3.8) is 0 Å². The third kappa shape index (κ3) is 25.2. The van der Waals surface area contributed by atoms with E-state index >= 15 is 0 Å². The van der Waals surface area contributed by atoms with Crippen molar-refractivity contribution in [2.24, 2.45) is 0 Å². The summed E-state index contributed by atoms with van der Waals surface area (Å²) >= 11 is 0. The molecule has 0 aromatic carbocycles. The van der Waals surface area contributed by atoms with Crippen LogP contribution in [0.1, 0.15) is 0 Å². The highest BCUT2D eigenvalue weighted by molar-refractivity contribution is 4.46. The van der Waals surface area contributed by atoms with Gasteiger partial charge < -0.3 is 37.7 Å². The lowest BCUT2D eigenvalue weighted by molar-refractivity contribution is -0.305. The zero-order valence-electron chi connectivity index (χ0n) is 5.76. The van der Waals surface area contributed by atoms with Gasteiger partial charge in [-0.25, -0.2) is 0 Å². The van der Waals surface area contributed by atoms with E-state index in [1.54, 1.807) is 0 Å². The van der Waals surface area contributed by atoms with E-state index in [9.17, 15) is 0 Å². The maximum atomic E-state index is 8.07. The first kappa shape index (κ1) is 22.6. The number of rotatable bonds is 2. The molecule has 0 atom stereocenters. The largest absolute Gasteiger partial charge is 0.412 e. The summed E-state index contributed by atoms with van der Waals surface area (Å²) in [6.45, 7) is -0.243. The maximum Gasteiger partial charge on any atom is 0.288 e. The molecule has 0 radical (unpaired) electrons. The Morgan fingerprint density at radius 1 is 1.20 bits per heavy atom. The highest BCUT2D eigenvalue weighted by Crippen LogP contribution is 1.85. The summed E-state index contributed by atoms with van der Waals surface area (Å²) in [7, 11) is 1.50. The van der Waals surface area contributed by atoms with Crippen molar-refractivity contribution in [2.75, 3.05) is 13.6 Å². The van der Waals surface area contributed by atoms with Gasteiger partial charge in [0.15, 0.2) is 0 Å². The van der Waals surface area contributed by atoms with Crippen LogP contribution in [-0.2, 0) is 0 Å². The van der Waals surface area contributed by atoms with Crippen LogP contribution in [0.3, 0.4) is 0 Å². The van der Waals surface area contributed by atoms with Gasteiger partial charge in [0, 0.05) is 0 Å².